The topological polar surface area (TPSA) is 50.1 Å². The number of allylic oxidation sites excluding steroid dienone is 4. The lowest BCUT2D eigenvalue weighted by Crippen LogP contribution is -2.29. The monoisotopic (exact) mass is 305 g/mol. The molecule has 3 heteroatoms. The Balaban J connectivity index is 1.67. The van der Waals surface area contributed by atoms with Crippen LogP contribution in [0.2, 0.25) is 0 Å². The summed E-state index contributed by atoms with van der Waals surface area (Å²) in [5.74, 6) is 0.472. The van der Waals surface area contributed by atoms with Gasteiger partial charge in [-0.05, 0) is 42.5 Å². The van der Waals surface area contributed by atoms with Crippen LogP contribution in [-0.2, 0) is 9.53 Å². The number of hydrogen-bond donors (Lipinski definition) is 0. The van der Waals surface area contributed by atoms with Gasteiger partial charge in [0.15, 0.2) is 5.78 Å². The van der Waals surface area contributed by atoms with Gasteiger partial charge in [-0.2, -0.15) is 5.26 Å². The molecule has 0 aromatic heterocycles. The largest absolute Gasteiger partial charge is 0.381 e. The quantitative estimate of drug-likeness (QED) is 0.795. The van der Waals surface area contributed by atoms with Gasteiger partial charge in [-0.15, -0.1) is 0 Å². The van der Waals surface area contributed by atoms with E-state index in [2.05, 4.69) is 18.2 Å². The molecule has 3 nitrogen and oxygen atoms in total. The summed E-state index contributed by atoms with van der Waals surface area (Å²) in [6.45, 7) is 1.51. The summed E-state index contributed by atoms with van der Waals surface area (Å²) < 4.78 is 5.50. The molecule has 0 bridgehead atoms. The third-order valence-electron chi connectivity index (χ3n) is 5.50. The highest BCUT2D eigenvalue weighted by molar-refractivity contribution is 6.04. The first kappa shape index (κ1) is 14.4. The molecule has 1 spiro atoms. The number of Topliss-reactive ketones (excluding diaryl/α,β-unsaturated/α-hetero) is 1. The van der Waals surface area contributed by atoms with E-state index in [1.54, 1.807) is 0 Å². The van der Waals surface area contributed by atoms with Crippen LogP contribution in [-0.4, -0.2) is 19.0 Å². The Morgan fingerprint density at radius 3 is 2.87 bits per heavy atom. The van der Waals surface area contributed by atoms with Crippen LogP contribution in [0.5, 0.6) is 0 Å². The van der Waals surface area contributed by atoms with Gasteiger partial charge in [0.25, 0.3) is 0 Å². The number of fused-ring (bicyclic) bond motifs is 2. The summed E-state index contributed by atoms with van der Waals surface area (Å²) in [5.41, 5.74) is 4.01. The third kappa shape index (κ3) is 2.34. The second-order valence-corrected chi connectivity index (χ2v) is 6.77. The Morgan fingerprint density at radius 2 is 2.09 bits per heavy atom. The second-order valence-electron chi connectivity index (χ2n) is 6.77. The minimum Gasteiger partial charge on any atom is -0.381 e. The maximum Gasteiger partial charge on any atom is 0.163 e. The maximum atomic E-state index is 12.6. The van der Waals surface area contributed by atoms with Crippen molar-refractivity contribution in [1.29, 1.82) is 5.26 Å². The highest BCUT2D eigenvalue weighted by Gasteiger charge is 2.47. The van der Waals surface area contributed by atoms with Crippen molar-refractivity contribution in [2.24, 2.45) is 5.41 Å². The summed E-state index contributed by atoms with van der Waals surface area (Å²) in [4.78, 5) is 12.6. The van der Waals surface area contributed by atoms with Crippen LogP contribution in [0.4, 0.5) is 0 Å². The lowest BCUT2D eigenvalue weighted by Gasteiger charge is -2.35. The molecule has 1 aromatic rings. The van der Waals surface area contributed by atoms with Crippen molar-refractivity contribution in [2.75, 3.05) is 13.2 Å². The van der Waals surface area contributed by atoms with E-state index in [1.165, 1.54) is 5.57 Å². The van der Waals surface area contributed by atoms with E-state index in [9.17, 15) is 4.79 Å². The molecule has 4 rings (SSSR count). The summed E-state index contributed by atoms with van der Waals surface area (Å²) >= 11 is 0. The van der Waals surface area contributed by atoms with Gasteiger partial charge in [0.2, 0.25) is 0 Å². The predicted molar refractivity (Wildman–Crippen MR) is 86.8 cm³/mol. The highest BCUT2D eigenvalue weighted by atomic mass is 16.5. The van der Waals surface area contributed by atoms with Gasteiger partial charge in [-0.25, -0.2) is 0 Å². The Kier molecular flexibility index (Phi) is 3.43. The van der Waals surface area contributed by atoms with Crippen molar-refractivity contribution < 1.29 is 9.53 Å². The predicted octanol–water partition coefficient (Wildman–Crippen LogP) is 3.67. The van der Waals surface area contributed by atoms with E-state index >= 15 is 0 Å². The minimum absolute atomic E-state index is 0.0284. The Morgan fingerprint density at radius 1 is 1.26 bits per heavy atom. The van der Waals surface area contributed by atoms with Gasteiger partial charge < -0.3 is 4.74 Å². The summed E-state index contributed by atoms with van der Waals surface area (Å²) in [6, 6.07) is 9.91. The zero-order valence-corrected chi connectivity index (χ0v) is 13.0. The summed E-state index contributed by atoms with van der Waals surface area (Å²) in [5, 5.41) is 9.08. The van der Waals surface area contributed by atoms with Gasteiger partial charge >= 0.3 is 0 Å². The molecule has 0 amide bonds. The first-order chi connectivity index (χ1) is 11.2. The van der Waals surface area contributed by atoms with E-state index in [0.717, 1.165) is 43.6 Å². The maximum absolute atomic E-state index is 12.6. The lowest BCUT2D eigenvalue weighted by atomic mass is 9.72. The first-order valence-electron chi connectivity index (χ1n) is 8.26. The normalized spacial score (nSPS) is 25.5. The number of ketones is 1. The molecule has 116 valence electrons. The first-order valence-corrected chi connectivity index (χ1v) is 8.26. The van der Waals surface area contributed by atoms with Gasteiger partial charge in [-0.3, -0.25) is 4.79 Å². The SMILES string of the molecule is N#Cc1cccc(C2C=C3C(=O)CC4(CCOCC4)C3=CC2)c1. The van der Waals surface area contributed by atoms with Crippen molar-refractivity contribution in [2.45, 2.75) is 31.6 Å². The molecule has 1 atom stereocenters. The van der Waals surface area contributed by atoms with Crippen LogP contribution in [0.3, 0.4) is 0 Å². The number of rotatable bonds is 1. The van der Waals surface area contributed by atoms with Crippen molar-refractivity contribution in [1.82, 2.24) is 0 Å². The zero-order valence-electron chi connectivity index (χ0n) is 13.0. The number of carbonyl (C=O) groups excluding carboxylic acids is 1. The average molecular weight is 305 g/mol. The van der Waals surface area contributed by atoms with Crippen molar-refractivity contribution in [3.05, 3.63) is 58.7 Å². The Labute approximate surface area is 136 Å². The fourth-order valence-electron chi connectivity index (χ4n) is 4.24. The van der Waals surface area contributed by atoms with Gasteiger partial charge in [0, 0.05) is 36.5 Å². The fourth-order valence-corrected chi connectivity index (χ4v) is 4.24. The zero-order chi connectivity index (χ0) is 15.9. The van der Waals surface area contributed by atoms with Crippen LogP contribution in [0, 0.1) is 16.7 Å². The second kappa shape index (κ2) is 5.47. The molecule has 0 radical (unpaired) electrons. The number of ether oxygens (including phenoxy) is 1. The molecular weight excluding hydrogens is 286 g/mol. The van der Waals surface area contributed by atoms with E-state index in [4.69, 9.17) is 10.00 Å². The lowest BCUT2D eigenvalue weighted by molar-refractivity contribution is -0.116. The van der Waals surface area contributed by atoms with Crippen LogP contribution >= 0.6 is 0 Å². The summed E-state index contributed by atoms with van der Waals surface area (Å²) in [6.07, 6.45) is 7.86. The average Bonchev–Trinajstić information content (AvgIpc) is 2.87. The van der Waals surface area contributed by atoms with Gasteiger partial charge in [-0.1, -0.05) is 24.3 Å². The van der Waals surface area contributed by atoms with Crippen molar-refractivity contribution in [3.63, 3.8) is 0 Å². The smallest absolute Gasteiger partial charge is 0.163 e. The molecule has 0 N–H and O–H groups in total. The number of benzene rings is 1. The number of nitriles is 1. The standard InChI is InChI=1S/C20H19NO2/c21-13-14-2-1-3-15(10-14)16-4-5-18-17(11-16)19(22)12-20(18)6-8-23-9-7-20/h1-3,5,10-11,16H,4,6-9,12H2. The molecule has 1 saturated heterocycles. The number of carbonyl (C=O) groups is 1. The van der Waals surface area contributed by atoms with E-state index < -0.39 is 0 Å². The molecule has 1 aliphatic heterocycles. The van der Waals surface area contributed by atoms with E-state index in [1.807, 2.05) is 24.3 Å². The van der Waals surface area contributed by atoms with Crippen LogP contribution in [0.25, 0.3) is 0 Å². The highest BCUT2D eigenvalue weighted by Crippen LogP contribution is 2.53. The fraction of sp³-hybridized carbons (Fsp3) is 0.400. The van der Waals surface area contributed by atoms with Crippen LogP contribution in [0.15, 0.2) is 47.6 Å². The molecule has 1 saturated carbocycles. The molecular formula is C20H19NO2. The molecule has 2 aliphatic carbocycles. The molecule has 2 fully saturated rings. The molecule has 1 unspecified atom stereocenters. The Bertz CT molecular complexity index is 760. The van der Waals surface area contributed by atoms with Gasteiger partial charge in [0.05, 0.1) is 11.6 Å². The summed E-state index contributed by atoms with van der Waals surface area (Å²) in [7, 11) is 0. The van der Waals surface area contributed by atoms with Gasteiger partial charge in [0.1, 0.15) is 0 Å². The number of hydrogen-bond acceptors (Lipinski definition) is 3. The van der Waals surface area contributed by atoms with E-state index in [0.29, 0.717) is 12.0 Å². The molecule has 1 heterocycles. The van der Waals surface area contributed by atoms with Crippen molar-refractivity contribution in [3.8, 4) is 6.07 Å². The van der Waals surface area contributed by atoms with Crippen LogP contribution in [0.1, 0.15) is 42.7 Å². The molecule has 1 aromatic carbocycles. The van der Waals surface area contributed by atoms with Crippen molar-refractivity contribution >= 4 is 5.78 Å². The Hall–Kier alpha value is -2.18. The molecule has 23 heavy (non-hydrogen) atoms. The van der Waals surface area contributed by atoms with Crippen LogP contribution < -0.4 is 0 Å². The minimum atomic E-state index is 0.0284. The van der Waals surface area contributed by atoms with E-state index in [-0.39, 0.29) is 17.1 Å². The molecule has 3 aliphatic rings. The third-order valence-corrected chi connectivity index (χ3v) is 5.50. The number of nitrogens with zero attached hydrogens (tertiary/aromatic N) is 1.